The predicted octanol–water partition coefficient (Wildman–Crippen LogP) is -0.0329. The molecule has 2 unspecified atom stereocenters. The van der Waals surface area contributed by atoms with Crippen molar-refractivity contribution in [2.75, 3.05) is 31.6 Å². The number of nitrogens with zero attached hydrogens (tertiary/aromatic N) is 3. The minimum Gasteiger partial charge on any atom is -0.408 e. The highest BCUT2D eigenvalue weighted by Crippen LogP contribution is 2.39. The summed E-state index contributed by atoms with van der Waals surface area (Å²) in [7, 11) is 0. The van der Waals surface area contributed by atoms with Gasteiger partial charge in [0.2, 0.25) is 11.8 Å². The maximum Gasteiger partial charge on any atom is 0.322 e. The number of hydrogen-bond acceptors (Lipinski definition) is 7. The third-order valence-electron chi connectivity index (χ3n) is 3.59. The molecule has 8 heteroatoms. The average molecular weight is 296 g/mol. The number of amides is 1. The van der Waals surface area contributed by atoms with Crippen LogP contribution in [0.3, 0.4) is 0 Å². The van der Waals surface area contributed by atoms with Gasteiger partial charge in [0.25, 0.3) is 0 Å². The Bertz CT molecular complexity index is 502. The van der Waals surface area contributed by atoms with Crippen molar-refractivity contribution >= 4 is 11.9 Å². The van der Waals surface area contributed by atoms with Crippen molar-refractivity contribution in [2.24, 2.45) is 0 Å². The molecule has 2 fully saturated rings. The summed E-state index contributed by atoms with van der Waals surface area (Å²) in [6.07, 6.45) is 1.90. The van der Waals surface area contributed by atoms with Crippen LogP contribution < -0.4 is 5.32 Å². The lowest BCUT2D eigenvalue weighted by atomic mass is 10.2. The Morgan fingerprint density at radius 2 is 2.24 bits per heavy atom. The van der Waals surface area contributed by atoms with Gasteiger partial charge in [-0.3, -0.25) is 15.0 Å². The van der Waals surface area contributed by atoms with E-state index in [0.717, 1.165) is 12.8 Å². The molecule has 1 saturated heterocycles. The first-order chi connectivity index (χ1) is 10.1. The summed E-state index contributed by atoms with van der Waals surface area (Å²) in [4.78, 5) is 13.9. The highest BCUT2D eigenvalue weighted by Gasteiger charge is 2.30. The zero-order valence-electron chi connectivity index (χ0n) is 12.0. The summed E-state index contributed by atoms with van der Waals surface area (Å²) >= 11 is 0. The number of rotatable bonds is 5. The van der Waals surface area contributed by atoms with Crippen LogP contribution in [0.25, 0.3) is 0 Å². The number of carbonyl (C=O) groups is 1. The van der Waals surface area contributed by atoms with Crippen LogP contribution in [0.1, 0.15) is 31.6 Å². The monoisotopic (exact) mass is 296 g/mol. The van der Waals surface area contributed by atoms with Crippen LogP contribution in [-0.2, 0) is 9.53 Å². The van der Waals surface area contributed by atoms with Crippen molar-refractivity contribution in [3.63, 3.8) is 0 Å². The quantitative estimate of drug-likeness (QED) is 0.786. The van der Waals surface area contributed by atoms with E-state index in [1.54, 1.807) is 0 Å². The molecule has 21 heavy (non-hydrogen) atoms. The fraction of sp³-hybridized carbons (Fsp3) is 0.769. The number of ether oxygens (including phenoxy) is 1. The molecule has 1 aliphatic carbocycles. The maximum atomic E-state index is 12.0. The number of carbonyl (C=O) groups excluding carboxylic acids is 1. The second-order valence-electron chi connectivity index (χ2n) is 5.71. The Morgan fingerprint density at radius 1 is 1.43 bits per heavy atom. The van der Waals surface area contributed by atoms with E-state index in [1.165, 1.54) is 0 Å². The minimum absolute atomic E-state index is 0.00595. The van der Waals surface area contributed by atoms with Gasteiger partial charge in [0.15, 0.2) is 0 Å². The van der Waals surface area contributed by atoms with Crippen LogP contribution >= 0.6 is 0 Å². The molecular weight excluding hydrogens is 276 g/mol. The van der Waals surface area contributed by atoms with Crippen molar-refractivity contribution < 1.29 is 19.1 Å². The number of aliphatic hydroxyl groups excluding tert-OH is 1. The van der Waals surface area contributed by atoms with Crippen LogP contribution in [0.2, 0.25) is 0 Å². The third-order valence-corrected chi connectivity index (χ3v) is 3.59. The zero-order valence-corrected chi connectivity index (χ0v) is 12.0. The molecular formula is C13H20N4O4. The van der Waals surface area contributed by atoms with Crippen LogP contribution in [0.15, 0.2) is 4.42 Å². The number of hydrogen-bond donors (Lipinski definition) is 2. The fourth-order valence-electron chi connectivity index (χ4n) is 2.51. The Hall–Kier alpha value is -1.51. The highest BCUT2D eigenvalue weighted by molar-refractivity contribution is 5.90. The summed E-state index contributed by atoms with van der Waals surface area (Å²) in [5, 5.41) is 19.5. The fourth-order valence-corrected chi connectivity index (χ4v) is 2.51. The first-order valence-corrected chi connectivity index (χ1v) is 7.26. The van der Waals surface area contributed by atoms with Gasteiger partial charge in [-0.25, -0.2) is 0 Å². The molecule has 1 amide bonds. The molecule has 0 spiro atoms. The molecule has 2 aliphatic rings. The van der Waals surface area contributed by atoms with E-state index in [9.17, 15) is 9.90 Å². The minimum atomic E-state index is -0.244. The van der Waals surface area contributed by atoms with Gasteiger partial charge in [-0.2, -0.15) is 0 Å². The third kappa shape index (κ3) is 3.78. The lowest BCUT2D eigenvalue weighted by molar-refractivity contribution is -0.124. The summed E-state index contributed by atoms with van der Waals surface area (Å²) < 4.78 is 10.9. The molecule has 8 nitrogen and oxygen atoms in total. The Morgan fingerprint density at radius 3 is 2.95 bits per heavy atom. The van der Waals surface area contributed by atoms with Gasteiger partial charge < -0.3 is 14.3 Å². The molecule has 0 aromatic carbocycles. The van der Waals surface area contributed by atoms with Gasteiger partial charge in [0.05, 0.1) is 25.4 Å². The number of morpholine rings is 1. The molecule has 0 radical (unpaired) electrons. The smallest absolute Gasteiger partial charge is 0.322 e. The summed E-state index contributed by atoms with van der Waals surface area (Å²) in [6, 6.07) is 0.155. The van der Waals surface area contributed by atoms with Crippen LogP contribution in [0.4, 0.5) is 6.01 Å². The van der Waals surface area contributed by atoms with E-state index in [4.69, 9.17) is 9.15 Å². The lowest BCUT2D eigenvalue weighted by Crippen LogP contribution is -2.50. The van der Waals surface area contributed by atoms with Crippen molar-refractivity contribution in [1.29, 1.82) is 0 Å². The maximum absolute atomic E-state index is 12.0. The van der Waals surface area contributed by atoms with E-state index < -0.39 is 0 Å². The Labute approximate surface area is 122 Å². The van der Waals surface area contributed by atoms with Crippen LogP contribution in [0, 0.1) is 0 Å². The first-order valence-electron chi connectivity index (χ1n) is 7.26. The van der Waals surface area contributed by atoms with E-state index in [0.29, 0.717) is 24.9 Å². The standard InChI is InChI=1S/C13H20N4O4/c1-8-4-17(5-10(7-18)20-8)6-11(19)14-13-16-15-12(21-13)9-2-3-9/h8-10,18H,2-7H2,1H3,(H,14,16,19). The Kier molecular flexibility index (Phi) is 4.18. The van der Waals surface area contributed by atoms with E-state index >= 15 is 0 Å². The van der Waals surface area contributed by atoms with E-state index in [2.05, 4.69) is 15.5 Å². The van der Waals surface area contributed by atoms with Crippen molar-refractivity contribution in [1.82, 2.24) is 15.1 Å². The van der Waals surface area contributed by atoms with E-state index in [1.807, 2.05) is 11.8 Å². The first kappa shape index (κ1) is 14.4. The highest BCUT2D eigenvalue weighted by atomic mass is 16.5. The number of aromatic nitrogens is 2. The number of anilines is 1. The molecule has 2 heterocycles. The summed E-state index contributed by atoms with van der Waals surface area (Å²) in [5.41, 5.74) is 0. The van der Waals surface area contributed by atoms with Gasteiger partial charge >= 0.3 is 6.01 Å². The van der Waals surface area contributed by atoms with Gasteiger partial charge in [-0.1, -0.05) is 5.10 Å². The van der Waals surface area contributed by atoms with Gasteiger partial charge in [0.1, 0.15) is 0 Å². The average Bonchev–Trinajstić information content (AvgIpc) is 3.19. The van der Waals surface area contributed by atoms with Gasteiger partial charge in [-0.05, 0) is 19.8 Å². The summed E-state index contributed by atoms with van der Waals surface area (Å²) in [6.45, 7) is 3.28. The van der Waals surface area contributed by atoms with Gasteiger partial charge in [-0.15, -0.1) is 5.10 Å². The normalized spacial score (nSPS) is 26.8. The molecule has 1 aliphatic heterocycles. The van der Waals surface area contributed by atoms with Crippen LogP contribution in [0.5, 0.6) is 0 Å². The molecule has 0 bridgehead atoms. The second-order valence-corrected chi connectivity index (χ2v) is 5.71. The second kappa shape index (κ2) is 6.08. The van der Waals surface area contributed by atoms with Crippen molar-refractivity contribution in [3.8, 4) is 0 Å². The number of nitrogens with one attached hydrogen (secondary N) is 1. The SMILES string of the molecule is CC1CN(CC(=O)Nc2nnc(C3CC3)o2)CC(CO)O1. The predicted molar refractivity (Wildman–Crippen MR) is 72.8 cm³/mol. The molecule has 3 rings (SSSR count). The molecule has 1 saturated carbocycles. The topological polar surface area (TPSA) is 101 Å². The Balaban J connectivity index is 1.50. The number of aliphatic hydroxyl groups is 1. The molecule has 116 valence electrons. The molecule has 2 atom stereocenters. The van der Waals surface area contributed by atoms with Crippen molar-refractivity contribution in [3.05, 3.63) is 5.89 Å². The molecule has 2 N–H and O–H groups in total. The largest absolute Gasteiger partial charge is 0.408 e. The van der Waals surface area contributed by atoms with Gasteiger partial charge in [0, 0.05) is 19.0 Å². The van der Waals surface area contributed by atoms with Crippen LogP contribution in [-0.4, -0.2) is 64.6 Å². The molecule has 1 aromatic rings. The molecule has 1 aromatic heterocycles. The zero-order chi connectivity index (χ0) is 14.8. The van der Waals surface area contributed by atoms with Crippen molar-refractivity contribution in [2.45, 2.75) is 37.9 Å². The summed E-state index contributed by atoms with van der Waals surface area (Å²) in [5.74, 6) is 0.769. The lowest BCUT2D eigenvalue weighted by Gasteiger charge is -2.35. The van der Waals surface area contributed by atoms with E-state index in [-0.39, 0.29) is 37.3 Å².